The molecule has 2 saturated heterocycles. The summed E-state index contributed by atoms with van der Waals surface area (Å²) in [5.74, 6) is 0.559. The van der Waals surface area contributed by atoms with Crippen LogP contribution in [0.5, 0.6) is 0 Å². The Hall–Kier alpha value is -1.69. The molecular weight excluding hydrogens is 392 g/mol. The Bertz CT molecular complexity index is 783. The monoisotopic (exact) mass is 414 g/mol. The highest BCUT2D eigenvalue weighted by Gasteiger charge is 2.44. The molecule has 0 aromatic heterocycles. The first-order valence-corrected chi connectivity index (χ1v) is 9.86. The average molecular weight is 415 g/mol. The van der Waals surface area contributed by atoms with E-state index in [4.69, 9.17) is 4.84 Å². The van der Waals surface area contributed by atoms with Crippen LogP contribution in [0.1, 0.15) is 23.6 Å². The van der Waals surface area contributed by atoms with Gasteiger partial charge in [0.15, 0.2) is 0 Å². The van der Waals surface area contributed by atoms with E-state index < -0.39 is 0 Å². The topological polar surface area (TPSA) is 32.8 Å². The smallest absolute Gasteiger partial charge is 0.227 e. The Morgan fingerprint density at radius 3 is 2.65 bits per heavy atom. The van der Waals surface area contributed by atoms with Crippen LogP contribution in [-0.4, -0.2) is 42.1 Å². The summed E-state index contributed by atoms with van der Waals surface area (Å²) in [6.07, 6.45) is 1.33. The third-order valence-electron chi connectivity index (χ3n) is 5.56. The van der Waals surface area contributed by atoms with Gasteiger partial charge >= 0.3 is 0 Å². The summed E-state index contributed by atoms with van der Waals surface area (Å²) >= 11 is 3.68. The SMILES string of the molecule is CN1OC[C@@H]2CN(C(=O)Cc3ccccc3)[C@H](c3ccccc3Br)C[C@@H]21. The standard InChI is InChI=1S/C21H23BrN2O2/c1-23-19-12-20(17-9-5-6-10-18(17)22)24(13-16(19)14-26-23)21(25)11-15-7-3-2-4-8-15/h2-10,16,19-20H,11-14H2,1H3/t16-,19-,20-/m0/s1. The number of rotatable bonds is 3. The second-order valence-electron chi connectivity index (χ2n) is 7.15. The normalized spacial score (nSPS) is 25.9. The third-order valence-corrected chi connectivity index (χ3v) is 6.28. The van der Waals surface area contributed by atoms with Crippen LogP contribution in [0.2, 0.25) is 0 Å². The average Bonchev–Trinajstić information content (AvgIpc) is 3.02. The van der Waals surface area contributed by atoms with Gasteiger partial charge in [-0.15, -0.1) is 0 Å². The molecule has 136 valence electrons. The van der Waals surface area contributed by atoms with Gasteiger partial charge in [-0.2, -0.15) is 5.06 Å². The van der Waals surface area contributed by atoms with Crippen LogP contribution in [0.25, 0.3) is 0 Å². The van der Waals surface area contributed by atoms with E-state index in [1.165, 1.54) is 5.56 Å². The quantitative estimate of drug-likeness (QED) is 0.764. The molecule has 0 radical (unpaired) electrons. The third kappa shape index (κ3) is 3.43. The van der Waals surface area contributed by atoms with E-state index in [0.29, 0.717) is 25.0 Å². The summed E-state index contributed by atoms with van der Waals surface area (Å²) in [5.41, 5.74) is 2.23. The number of halogens is 1. The van der Waals surface area contributed by atoms with Gasteiger partial charge in [0.05, 0.1) is 19.1 Å². The molecule has 0 N–H and O–H groups in total. The van der Waals surface area contributed by atoms with E-state index >= 15 is 0 Å². The number of fused-ring (bicyclic) bond motifs is 1. The minimum atomic E-state index is 0.0622. The zero-order chi connectivity index (χ0) is 18.1. The van der Waals surface area contributed by atoms with Gasteiger partial charge in [-0.25, -0.2) is 0 Å². The molecule has 1 amide bonds. The lowest BCUT2D eigenvalue weighted by Gasteiger charge is -2.42. The number of amides is 1. The van der Waals surface area contributed by atoms with Crippen LogP contribution in [-0.2, 0) is 16.1 Å². The van der Waals surface area contributed by atoms with Gasteiger partial charge in [0.25, 0.3) is 0 Å². The molecule has 0 saturated carbocycles. The van der Waals surface area contributed by atoms with Gasteiger partial charge in [-0.05, 0) is 23.6 Å². The van der Waals surface area contributed by atoms with E-state index in [0.717, 1.165) is 23.0 Å². The highest BCUT2D eigenvalue weighted by Crippen LogP contribution is 2.41. The summed E-state index contributed by atoms with van der Waals surface area (Å²) in [5, 5.41) is 1.98. The molecule has 2 aliphatic heterocycles. The highest BCUT2D eigenvalue weighted by molar-refractivity contribution is 9.10. The van der Waals surface area contributed by atoms with Crippen molar-refractivity contribution in [1.82, 2.24) is 9.96 Å². The number of hydrogen-bond donors (Lipinski definition) is 0. The van der Waals surface area contributed by atoms with Gasteiger partial charge in [0.2, 0.25) is 5.91 Å². The molecule has 2 aromatic carbocycles. The maximum Gasteiger partial charge on any atom is 0.227 e. The van der Waals surface area contributed by atoms with Crippen LogP contribution in [0, 0.1) is 5.92 Å². The van der Waals surface area contributed by atoms with Crippen molar-refractivity contribution in [2.45, 2.75) is 24.9 Å². The van der Waals surface area contributed by atoms with Crippen molar-refractivity contribution < 1.29 is 9.63 Å². The molecule has 0 aliphatic carbocycles. The number of hydrogen-bond acceptors (Lipinski definition) is 3. The molecule has 2 fully saturated rings. The van der Waals surface area contributed by atoms with Crippen molar-refractivity contribution in [2.24, 2.45) is 5.92 Å². The molecule has 0 unspecified atom stereocenters. The Labute approximate surface area is 162 Å². The minimum absolute atomic E-state index is 0.0622. The lowest BCUT2D eigenvalue weighted by molar-refractivity contribution is -0.138. The second kappa shape index (κ2) is 7.51. The van der Waals surface area contributed by atoms with Gasteiger partial charge in [-0.1, -0.05) is 64.5 Å². The summed E-state index contributed by atoms with van der Waals surface area (Å²) in [6, 6.07) is 18.6. The lowest BCUT2D eigenvalue weighted by atomic mass is 9.85. The fourth-order valence-corrected chi connectivity index (χ4v) is 4.71. The number of piperidine rings is 1. The molecular formula is C21H23BrN2O2. The zero-order valence-electron chi connectivity index (χ0n) is 14.8. The largest absolute Gasteiger partial charge is 0.335 e. The fraction of sp³-hybridized carbons (Fsp3) is 0.381. The molecule has 5 heteroatoms. The summed E-state index contributed by atoms with van der Waals surface area (Å²) in [4.78, 5) is 21.0. The lowest BCUT2D eigenvalue weighted by Crippen LogP contribution is -2.49. The van der Waals surface area contributed by atoms with Crippen molar-refractivity contribution in [3.05, 3.63) is 70.2 Å². The Morgan fingerprint density at radius 2 is 1.88 bits per heavy atom. The molecule has 26 heavy (non-hydrogen) atoms. The Morgan fingerprint density at radius 1 is 1.15 bits per heavy atom. The molecule has 3 atom stereocenters. The first kappa shape index (κ1) is 17.7. The van der Waals surface area contributed by atoms with Crippen molar-refractivity contribution in [3.8, 4) is 0 Å². The summed E-state index contributed by atoms with van der Waals surface area (Å²) in [6.45, 7) is 1.44. The molecule has 0 bridgehead atoms. The maximum absolute atomic E-state index is 13.2. The van der Waals surface area contributed by atoms with Crippen molar-refractivity contribution >= 4 is 21.8 Å². The number of hydroxylamine groups is 2. The number of benzene rings is 2. The van der Waals surface area contributed by atoms with E-state index in [-0.39, 0.29) is 11.9 Å². The van der Waals surface area contributed by atoms with Crippen molar-refractivity contribution in [1.29, 1.82) is 0 Å². The summed E-state index contributed by atoms with van der Waals surface area (Å²) < 4.78 is 1.06. The van der Waals surface area contributed by atoms with Gasteiger partial charge < -0.3 is 4.90 Å². The van der Waals surface area contributed by atoms with Crippen LogP contribution in [0.3, 0.4) is 0 Å². The zero-order valence-corrected chi connectivity index (χ0v) is 16.4. The highest BCUT2D eigenvalue weighted by atomic mass is 79.9. The summed E-state index contributed by atoms with van der Waals surface area (Å²) in [7, 11) is 2.00. The van der Waals surface area contributed by atoms with E-state index in [1.807, 2.05) is 54.6 Å². The van der Waals surface area contributed by atoms with Gasteiger partial charge in [0, 0.05) is 30.0 Å². The molecule has 4 nitrogen and oxygen atoms in total. The van der Waals surface area contributed by atoms with Gasteiger partial charge in [0.1, 0.15) is 0 Å². The van der Waals surface area contributed by atoms with Crippen molar-refractivity contribution in [2.75, 3.05) is 20.2 Å². The van der Waals surface area contributed by atoms with Crippen molar-refractivity contribution in [3.63, 3.8) is 0 Å². The number of likely N-dealkylation sites (tertiary alicyclic amines) is 1. The predicted molar refractivity (Wildman–Crippen MR) is 104 cm³/mol. The van der Waals surface area contributed by atoms with Crippen LogP contribution in [0.15, 0.2) is 59.1 Å². The molecule has 2 aromatic rings. The van der Waals surface area contributed by atoms with E-state index in [2.05, 4.69) is 33.0 Å². The molecule has 2 aliphatic rings. The van der Waals surface area contributed by atoms with E-state index in [1.54, 1.807) is 0 Å². The first-order chi connectivity index (χ1) is 12.6. The maximum atomic E-state index is 13.2. The van der Waals surface area contributed by atoms with Crippen LogP contribution in [0.4, 0.5) is 0 Å². The number of carbonyl (C=O) groups is 1. The minimum Gasteiger partial charge on any atom is -0.335 e. The van der Waals surface area contributed by atoms with Crippen LogP contribution < -0.4 is 0 Å². The predicted octanol–water partition coefficient (Wildman–Crippen LogP) is 3.83. The van der Waals surface area contributed by atoms with Gasteiger partial charge in [-0.3, -0.25) is 9.63 Å². The molecule has 2 heterocycles. The first-order valence-electron chi connectivity index (χ1n) is 9.07. The number of carbonyl (C=O) groups excluding carboxylic acids is 1. The fourth-order valence-electron chi connectivity index (χ4n) is 4.16. The Balaban J connectivity index is 1.63. The van der Waals surface area contributed by atoms with Crippen LogP contribution >= 0.6 is 15.9 Å². The van der Waals surface area contributed by atoms with E-state index in [9.17, 15) is 4.79 Å². The second-order valence-corrected chi connectivity index (χ2v) is 8.01. The number of nitrogens with zero attached hydrogens (tertiary/aromatic N) is 2. The Kier molecular flexibility index (Phi) is 5.11. The molecule has 4 rings (SSSR count). The molecule has 0 spiro atoms.